The molecule has 0 radical (unpaired) electrons. The van der Waals surface area contributed by atoms with Gasteiger partial charge in [0.15, 0.2) is 5.75 Å². The van der Waals surface area contributed by atoms with Crippen LogP contribution < -0.4 is 9.64 Å². The Kier molecular flexibility index (Phi) is 9.01. The number of nitrogens with zero attached hydrogens (tertiary/aromatic N) is 4. The van der Waals surface area contributed by atoms with E-state index >= 15 is 0 Å². The largest absolute Gasteiger partial charge is 0.487 e. The Morgan fingerprint density at radius 3 is 2.53 bits per heavy atom. The first kappa shape index (κ1) is 23.1. The second-order valence-electron chi connectivity index (χ2n) is 7.49. The molecule has 2 saturated heterocycles. The third-order valence-electron chi connectivity index (χ3n) is 5.80. The molecule has 2 heterocycles. The van der Waals surface area contributed by atoms with E-state index in [9.17, 15) is 10.1 Å². The topological polar surface area (TPSA) is 80.5 Å². The summed E-state index contributed by atoms with van der Waals surface area (Å²) in [6.07, 6.45) is 2.39. The Labute approximate surface area is 182 Å². The van der Waals surface area contributed by atoms with Gasteiger partial charge in [-0.2, -0.15) is 4.33 Å². The van der Waals surface area contributed by atoms with E-state index in [1.165, 1.54) is 32.0 Å². The number of nitro benzene ring substituents is 1. The third-order valence-corrected chi connectivity index (χ3v) is 6.38. The lowest BCUT2D eigenvalue weighted by molar-refractivity contribution is -0.385. The molecule has 0 amide bonds. The van der Waals surface area contributed by atoms with Crippen LogP contribution in [0.3, 0.4) is 0 Å². The monoisotopic (exact) mass is 440 g/mol. The van der Waals surface area contributed by atoms with E-state index in [0.717, 1.165) is 57.3 Å². The van der Waals surface area contributed by atoms with Gasteiger partial charge in [-0.1, -0.05) is 0 Å². The summed E-state index contributed by atoms with van der Waals surface area (Å²) in [5, 5.41) is 11.2. The van der Waals surface area contributed by atoms with Gasteiger partial charge in [-0.05, 0) is 38.9 Å². The fourth-order valence-corrected chi connectivity index (χ4v) is 4.72. The first-order chi connectivity index (χ1) is 14.6. The van der Waals surface area contributed by atoms with Crippen molar-refractivity contribution in [1.82, 2.24) is 9.80 Å². The molecule has 0 saturated carbocycles. The number of anilines is 1. The quantitative estimate of drug-likeness (QED) is 0.179. The number of likely N-dealkylation sites (tertiary alicyclic amines) is 1. The second-order valence-corrected chi connectivity index (χ2v) is 8.27. The average Bonchev–Trinajstić information content (AvgIpc) is 2.77. The fraction of sp³-hybridized carbons (Fsp3) is 0.700. The highest BCUT2D eigenvalue weighted by atomic mass is 32.2. The maximum atomic E-state index is 11.2. The minimum absolute atomic E-state index is 0.0261. The van der Waals surface area contributed by atoms with Gasteiger partial charge in [0, 0.05) is 74.4 Å². The van der Waals surface area contributed by atoms with Gasteiger partial charge in [0.2, 0.25) is 0 Å². The van der Waals surface area contributed by atoms with Crippen LogP contribution in [0.25, 0.3) is 0 Å². The molecule has 1 aromatic carbocycles. The summed E-state index contributed by atoms with van der Waals surface area (Å²) in [4.78, 5) is 22.8. The summed E-state index contributed by atoms with van der Waals surface area (Å²) in [7, 11) is 1.53. The van der Waals surface area contributed by atoms with Crippen molar-refractivity contribution in [3.05, 3.63) is 28.3 Å². The predicted molar refractivity (Wildman–Crippen MR) is 118 cm³/mol. The van der Waals surface area contributed by atoms with Crippen LogP contribution in [-0.4, -0.2) is 86.0 Å². The summed E-state index contributed by atoms with van der Waals surface area (Å²) in [6.45, 7) is 9.41. The van der Waals surface area contributed by atoms with Crippen molar-refractivity contribution in [2.75, 3.05) is 70.2 Å². The number of ether oxygens (including phenoxy) is 1. The molecule has 2 fully saturated rings. The molecule has 30 heavy (non-hydrogen) atoms. The van der Waals surface area contributed by atoms with Crippen molar-refractivity contribution in [3.63, 3.8) is 0 Å². The SMILES string of the molecule is CCOc1cc(N2CCN(C3CCN(CCSOOC)CC3)CC2)ccc1[N+](=O)[O-]. The van der Waals surface area contributed by atoms with Gasteiger partial charge >= 0.3 is 5.69 Å². The third kappa shape index (κ3) is 6.21. The van der Waals surface area contributed by atoms with E-state index in [4.69, 9.17) is 9.07 Å². The lowest BCUT2D eigenvalue weighted by Crippen LogP contribution is -2.53. The Morgan fingerprint density at radius 1 is 1.17 bits per heavy atom. The summed E-state index contributed by atoms with van der Waals surface area (Å²) in [5.74, 6) is 1.26. The minimum atomic E-state index is -0.387. The summed E-state index contributed by atoms with van der Waals surface area (Å²) in [6, 6.07) is 5.83. The van der Waals surface area contributed by atoms with Crippen LogP contribution in [0.15, 0.2) is 18.2 Å². The van der Waals surface area contributed by atoms with Gasteiger partial charge in [-0.3, -0.25) is 15.0 Å². The summed E-state index contributed by atoms with van der Waals surface area (Å²) in [5.41, 5.74) is 1.02. The average molecular weight is 441 g/mol. The number of benzene rings is 1. The molecular formula is C20H32N4O5S. The molecule has 1 aromatic rings. The maximum Gasteiger partial charge on any atom is 0.311 e. The molecule has 0 unspecified atom stereocenters. The molecule has 3 rings (SSSR count). The first-order valence-corrected chi connectivity index (χ1v) is 11.5. The van der Waals surface area contributed by atoms with Crippen LogP contribution in [0.2, 0.25) is 0 Å². The lowest BCUT2D eigenvalue weighted by atomic mass is 10.0. The van der Waals surface area contributed by atoms with E-state index in [1.807, 2.05) is 13.0 Å². The van der Waals surface area contributed by atoms with Crippen molar-refractivity contribution in [1.29, 1.82) is 0 Å². The molecule has 0 bridgehead atoms. The lowest BCUT2D eigenvalue weighted by Gasteiger charge is -2.43. The minimum Gasteiger partial charge on any atom is -0.487 e. The molecule has 9 nitrogen and oxygen atoms in total. The second kappa shape index (κ2) is 11.7. The molecule has 10 heteroatoms. The van der Waals surface area contributed by atoms with Crippen molar-refractivity contribution < 1.29 is 18.9 Å². The Balaban J connectivity index is 1.46. The smallest absolute Gasteiger partial charge is 0.311 e. The van der Waals surface area contributed by atoms with E-state index in [-0.39, 0.29) is 10.6 Å². The summed E-state index contributed by atoms with van der Waals surface area (Å²) < 4.78 is 10.4. The predicted octanol–water partition coefficient (Wildman–Crippen LogP) is 2.81. The molecule has 168 valence electrons. The maximum absolute atomic E-state index is 11.2. The molecule has 0 atom stereocenters. The number of hydrogen-bond acceptors (Lipinski definition) is 9. The fourth-order valence-electron chi connectivity index (χ4n) is 4.22. The zero-order valence-electron chi connectivity index (χ0n) is 17.8. The normalized spacial score (nSPS) is 19.2. The van der Waals surface area contributed by atoms with Crippen LogP contribution in [0.4, 0.5) is 11.4 Å². The highest BCUT2D eigenvalue weighted by Gasteiger charge is 2.28. The van der Waals surface area contributed by atoms with Crippen molar-refractivity contribution in [2.24, 2.45) is 0 Å². The van der Waals surface area contributed by atoms with Gasteiger partial charge < -0.3 is 14.5 Å². The van der Waals surface area contributed by atoms with Crippen molar-refractivity contribution in [2.45, 2.75) is 25.8 Å². The molecule has 0 spiro atoms. The molecule has 0 N–H and O–H groups in total. The molecule has 2 aliphatic heterocycles. The molecule has 0 aliphatic carbocycles. The van der Waals surface area contributed by atoms with Gasteiger partial charge in [0.05, 0.1) is 18.6 Å². The highest BCUT2D eigenvalue weighted by molar-refractivity contribution is 7.94. The molecule has 0 aromatic heterocycles. The number of piperazine rings is 1. The van der Waals surface area contributed by atoms with Crippen molar-refractivity contribution >= 4 is 23.4 Å². The van der Waals surface area contributed by atoms with Crippen LogP contribution in [0.1, 0.15) is 19.8 Å². The Bertz CT molecular complexity index is 679. The molecular weight excluding hydrogens is 408 g/mol. The van der Waals surface area contributed by atoms with Crippen LogP contribution in [0.5, 0.6) is 5.75 Å². The van der Waals surface area contributed by atoms with Crippen LogP contribution in [-0.2, 0) is 9.22 Å². The van der Waals surface area contributed by atoms with Crippen LogP contribution >= 0.6 is 12.0 Å². The number of nitro groups is 1. The van der Waals surface area contributed by atoms with E-state index in [0.29, 0.717) is 18.4 Å². The number of hydrogen-bond donors (Lipinski definition) is 0. The van der Waals surface area contributed by atoms with Gasteiger partial charge in [-0.25, -0.2) is 4.89 Å². The zero-order valence-corrected chi connectivity index (χ0v) is 18.6. The van der Waals surface area contributed by atoms with Gasteiger partial charge in [-0.15, -0.1) is 0 Å². The number of rotatable bonds is 10. The Morgan fingerprint density at radius 2 is 1.90 bits per heavy atom. The number of piperidine rings is 1. The summed E-state index contributed by atoms with van der Waals surface area (Å²) >= 11 is 1.35. The van der Waals surface area contributed by atoms with Crippen LogP contribution in [0, 0.1) is 10.1 Å². The molecule has 2 aliphatic rings. The Hall–Kier alpha value is -1.59. The standard InChI is InChI=1S/C20H32N4O5S/c1-3-28-20-16-18(4-5-19(20)24(25)26)23-12-10-22(11-13-23)17-6-8-21(9-7-17)14-15-30-29-27-2/h4-5,16-17H,3,6-15H2,1-2H3. The van der Waals surface area contributed by atoms with Gasteiger partial charge in [0.25, 0.3) is 0 Å². The highest BCUT2D eigenvalue weighted by Crippen LogP contribution is 2.32. The van der Waals surface area contributed by atoms with Gasteiger partial charge in [0.1, 0.15) is 0 Å². The van der Waals surface area contributed by atoms with E-state index in [2.05, 4.69) is 19.6 Å². The van der Waals surface area contributed by atoms with Crippen molar-refractivity contribution in [3.8, 4) is 5.75 Å². The first-order valence-electron chi connectivity index (χ1n) is 10.6. The zero-order chi connectivity index (χ0) is 21.3. The van der Waals surface area contributed by atoms with E-state index < -0.39 is 0 Å². The van der Waals surface area contributed by atoms with E-state index in [1.54, 1.807) is 12.1 Å².